The molecule has 0 aliphatic carbocycles. The minimum absolute atomic E-state index is 0. The number of hydrogen-bond donors (Lipinski definition) is 0. The summed E-state index contributed by atoms with van der Waals surface area (Å²) in [5, 5.41) is 0. The Bertz CT molecular complexity index is 11.6. The van der Waals surface area contributed by atoms with Crippen molar-refractivity contribution >= 4 is 12.4 Å². The van der Waals surface area contributed by atoms with Gasteiger partial charge in [-0.15, -0.1) is 12.4 Å². The fourth-order valence-corrected chi connectivity index (χ4v) is 0. The van der Waals surface area contributed by atoms with E-state index in [9.17, 15) is 0 Å². The van der Waals surface area contributed by atoms with Gasteiger partial charge in [0.2, 0.25) is 0 Å². The van der Waals surface area contributed by atoms with Gasteiger partial charge in [-0.3, -0.25) is 0 Å². The van der Waals surface area contributed by atoms with Crippen molar-refractivity contribution < 1.29 is 21.8 Å². The van der Waals surface area contributed by atoms with Gasteiger partial charge in [-0.25, -0.2) is 0 Å². The Hall–Kier alpha value is 1.17. The predicted octanol–water partition coefficient (Wildman–Crippen LogP) is 2.17. The zero-order valence-corrected chi connectivity index (χ0v) is 7.18. The van der Waals surface area contributed by atoms with Crippen LogP contribution in [-0.4, -0.2) is 0 Å². The molecule has 0 nitrogen and oxygen atoms in total. The first-order chi connectivity index (χ1) is 1.73. The van der Waals surface area contributed by atoms with Gasteiger partial charge in [-0.05, 0) is 0 Å². The van der Waals surface area contributed by atoms with Crippen LogP contribution in [-0.2, 0) is 21.8 Å². The van der Waals surface area contributed by atoms with Crippen LogP contribution in [0.1, 0.15) is 0 Å². The predicted molar refractivity (Wildman–Crippen MR) is 24.8 cm³/mol. The average Bonchev–Trinajstić information content (AvgIpc) is 0.811. The summed E-state index contributed by atoms with van der Waals surface area (Å²) in [5.41, 5.74) is 0. The summed E-state index contributed by atoms with van der Waals surface area (Å²) in [7, 11) is 0. The van der Waals surface area contributed by atoms with Gasteiger partial charge in [-0.1, -0.05) is 0 Å². The number of hydrogen-bond acceptors (Lipinski definition) is 0. The molecule has 0 saturated heterocycles. The van der Waals surface area contributed by atoms with Crippen LogP contribution in [0.25, 0.3) is 0 Å². The third-order valence-electron chi connectivity index (χ3n) is 0. The summed E-state index contributed by atoms with van der Waals surface area (Å²) in [4.78, 5) is 0. The third-order valence-corrected chi connectivity index (χ3v) is 0. The molecule has 2 heteroatoms. The van der Waals surface area contributed by atoms with E-state index in [2.05, 4.69) is 13.9 Å². The minimum atomic E-state index is -0.543. The third kappa shape index (κ3) is 37.8. The van der Waals surface area contributed by atoms with Crippen molar-refractivity contribution in [2.45, 2.75) is 13.9 Å². The van der Waals surface area contributed by atoms with Gasteiger partial charge in [0.05, 0.1) is 0 Å². The number of halogens is 1. The summed E-state index contributed by atoms with van der Waals surface area (Å²) in [5.74, 6) is 0. The first kappa shape index (κ1) is 9.49. The van der Waals surface area contributed by atoms with E-state index in [1.807, 2.05) is 0 Å². The van der Waals surface area contributed by atoms with Crippen molar-refractivity contribution in [3.63, 3.8) is 0 Å². The molecule has 5 heavy (non-hydrogen) atoms. The molecule has 0 spiro atoms. The summed E-state index contributed by atoms with van der Waals surface area (Å²) in [6.45, 7) is 0. The molecule has 0 radical (unpaired) electrons. The van der Waals surface area contributed by atoms with Crippen LogP contribution in [0.3, 0.4) is 0 Å². The summed E-state index contributed by atoms with van der Waals surface area (Å²) >= 11 is -0.543. The van der Waals surface area contributed by atoms with Crippen LogP contribution in [0, 0.1) is 0 Å². The topological polar surface area (TPSA) is 0 Å². The van der Waals surface area contributed by atoms with Crippen LogP contribution in [0.15, 0.2) is 0 Å². The maximum atomic E-state index is 2.36. The molecule has 0 aromatic heterocycles. The van der Waals surface area contributed by atoms with Gasteiger partial charge in [0, 0.05) is 0 Å². The molecule has 0 bridgehead atoms. The molecule has 0 aliphatic heterocycles. The van der Waals surface area contributed by atoms with Crippen LogP contribution < -0.4 is 0 Å². The van der Waals surface area contributed by atoms with E-state index >= 15 is 0 Å². The molecule has 0 atom stereocenters. The normalized spacial score (nSPS) is 5.40. The van der Waals surface area contributed by atoms with E-state index in [1.165, 1.54) is 0 Å². The maximum absolute atomic E-state index is 2.36. The quantitative estimate of drug-likeness (QED) is 0.526. The summed E-state index contributed by atoms with van der Waals surface area (Å²) in [6, 6.07) is 0. The molecule has 0 heterocycles. The molecular formula is C3H10ClZr. The SMILES string of the molecule is Cl.[CH3][Zr]([CH3])[CH3]. The average molecular weight is 173 g/mol. The Kier molecular flexibility index (Phi) is 9.81. The van der Waals surface area contributed by atoms with Crippen molar-refractivity contribution in [1.82, 2.24) is 0 Å². The Labute approximate surface area is 48.0 Å². The van der Waals surface area contributed by atoms with Gasteiger partial charge in [0.1, 0.15) is 0 Å². The molecular weight excluding hydrogens is 163 g/mol. The second kappa shape index (κ2) is 5.17. The van der Waals surface area contributed by atoms with E-state index in [4.69, 9.17) is 0 Å². The van der Waals surface area contributed by atoms with Gasteiger partial charge in [0.15, 0.2) is 0 Å². The zero-order valence-electron chi connectivity index (χ0n) is 3.91. The molecule has 0 fully saturated rings. The molecule has 0 rings (SSSR count). The van der Waals surface area contributed by atoms with Crippen molar-refractivity contribution in [2.24, 2.45) is 0 Å². The van der Waals surface area contributed by atoms with Crippen LogP contribution in [0.4, 0.5) is 0 Å². The molecule has 0 unspecified atom stereocenters. The van der Waals surface area contributed by atoms with Crippen LogP contribution >= 0.6 is 12.4 Å². The molecule has 0 amide bonds. The van der Waals surface area contributed by atoms with Crippen LogP contribution in [0.2, 0.25) is 13.9 Å². The van der Waals surface area contributed by atoms with Gasteiger partial charge >= 0.3 is 35.6 Å². The zero-order chi connectivity index (χ0) is 3.58. The van der Waals surface area contributed by atoms with Crippen LogP contribution in [0.5, 0.6) is 0 Å². The Balaban J connectivity index is 0. The molecule has 0 aromatic carbocycles. The summed E-state index contributed by atoms with van der Waals surface area (Å²) in [6.07, 6.45) is 0. The van der Waals surface area contributed by atoms with E-state index in [-0.39, 0.29) is 12.4 Å². The molecule has 0 saturated carbocycles. The Morgan fingerprint density at radius 2 is 1.00 bits per heavy atom. The fourth-order valence-electron chi connectivity index (χ4n) is 0. The molecule has 0 aromatic rings. The Morgan fingerprint density at radius 1 is 1.00 bits per heavy atom. The molecule has 0 N–H and O–H groups in total. The van der Waals surface area contributed by atoms with E-state index < -0.39 is 21.8 Å². The van der Waals surface area contributed by atoms with Crippen molar-refractivity contribution in [3.8, 4) is 0 Å². The fraction of sp³-hybridized carbons (Fsp3) is 1.00. The van der Waals surface area contributed by atoms with Crippen molar-refractivity contribution in [1.29, 1.82) is 0 Å². The van der Waals surface area contributed by atoms with E-state index in [0.29, 0.717) is 0 Å². The molecule has 0 aliphatic rings. The van der Waals surface area contributed by atoms with Gasteiger partial charge in [0.25, 0.3) is 0 Å². The summed E-state index contributed by atoms with van der Waals surface area (Å²) < 4.78 is 7.09. The molecule has 33 valence electrons. The second-order valence-corrected chi connectivity index (χ2v) is 8.87. The monoisotopic (exact) mass is 171 g/mol. The number of rotatable bonds is 0. The van der Waals surface area contributed by atoms with Gasteiger partial charge < -0.3 is 0 Å². The van der Waals surface area contributed by atoms with E-state index in [0.717, 1.165) is 0 Å². The first-order valence-corrected chi connectivity index (χ1v) is 8.87. The standard InChI is InChI=1S/3CH3.ClH.Zr/h3*1H3;1H;. The van der Waals surface area contributed by atoms with Crippen molar-refractivity contribution in [2.75, 3.05) is 0 Å². The second-order valence-electron chi connectivity index (χ2n) is 1.50. The van der Waals surface area contributed by atoms with E-state index in [1.54, 1.807) is 0 Å². The Morgan fingerprint density at radius 3 is 1.00 bits per heavy atom. The van der Waals surface area contributed by atoms with Crippen molar-refractivity contribution in [3.05, 3.63) is 0 Å². The first-order valence-electron chi connectivity index (χ1n) is 1.50. The van der Waals surface area contributed by atoms with Gasteiger partial charge in [-0.2, -0.15) is 0 Å².